The molecule has 3 saturated carbocycles. The number of aliphatic hydroxyl groups is 7. The van der Waals surface area contributed by atoms with Gasteiger partial charge in [-0.1, -0.05) is 20.4 Å². The third-order valence-corrected chi connectivity index (χ3v) is 11.0. The summed E-state index contributed by atoms with van der Waals surface area (Å²) in [5.41, 5.74) is -5.25. The minimum atomic E-state index is -1.60. The van der Waals surface area contributed by atoms with Crippen LogP contribution in [0.5, 0.6) is 0 Å². The van der Waals surface area contributed by atoms with Crippen LogP contribution in [0.25, 0.3) is 0 Å². The largest absolute Gasteiger partial charge is 0.390 e. The molecule has 0 aliphatic heterocycles. The summed E-state index contributed by atoms with van der Waals surface area (Å²) in [6.45, 7) is 12.2. The van der Waals surface area contributed by atoms with Crippen LogP contribution in [0.1, 0.15) is 73.1 Å². The van der Waals surface area contributed by atoms with E-state index in [2.05, 4.69) is 6.58 Å². The molecule has 4 rings (SSSR count). The fourth-order valence-corrected chi connectivity index (χ4v) is 8.26. The summed E-state index contributed by atoms with van der Waals surface area (Å²) >= 11 is 0. The Bertz CT molecular complexity index is 965. The number of hydrogen-bond acceptors (Lipinski definition) is 8. The van der Waals surface area contributed by atoms with Crippen LogP contribution in [-0.4, -0.2) is 82.7 Å². The SMILES string of the molecule is C=C(C[C@@H](O)[C@](C)(O)[C@H]1CC[C@@]2(O)C3=CC(=O)[C@@H]4C[C@@H](O)[C@@H](O)[C@@H](O)[C@]4(C)[C@H]3CC[C@]12C)C(C)(C)O. The van der Waals surface area contributed by atoms with Gasteiger partial charge in [0.1, 0.15) is 6.10 Å². The highest BCUT2D eigenvalue weighted by Gasteiger charge is 2.70. The molecule has 0 heterocycles. The first-order chi connectivity index (χ1) is 16.3. The molecule has 3 fully saturated rings. The van der Waals surface area contributed by atoms with Gasteiger partial charge in [0, 0.05) is 16.7 Å². The summed E-state index contributed by atoms with van der Waals surface area (Å²) in [7, 11) is 0. The summed E-state index contributed by atoms with van der Waals surface area (Å²) in [4.78, 5) is 13.3. The fraction of sp³-hybridized carbons (Fsp3) is 0.821. The number of fused-ring (bicyclic) bond motifs is 5. The molecule has 8 nitrogen and oxygen atoms in total. The third kappa shape index (κ3) is 3.63. The number of allylic oxidation sites excluding steroid dienone is 1. The van der Waals surface area contributed by atoms with Crippen molar-refractivity contribution in [3.63, 3.8) is 0 Å². The van der Waals surface area contributed by atoms with Crippen molar-refractivity contribution in [2.45, 2.75) is 114 Å². The summed E-state index contributed by atoms with van der Waals surface area (Å²) in [6, 6.07) is 0. The Kier molecular flexibility index (Phi) is 6.53. The summed E-state index contributed by atoms with van der Waals surface area (Å²) in [5, 5.41) is 77.0. The van der Waals surface area contributed by atoms with Crippen molar-refractivity contribution < 1.29 is 40.5 Å². The fourth-order valence-electron chi connectivity index (χ4n) is 8.26. The van der Waals surface area contributed by atoms with E-state index >= 15 is 0 Å². The molecule has 7 N–H and O–H groups in total. The van der Waals surface area contributed by atoms with Crippen LogP contribution in [0.4, 0.5) is 0 Å². The van der Waals surface area contributed by atoms with E-state index in [-0.39, 0.29) is 31.0 Å². The number of rotatable bonds is 5. The Morgan fingerprint density at radius 1 is 1.11 bits per heavy atom. The van der Waals surface area contributed by atoms with Crippen LogP contribution in [0.2, 0.25) is 0 Å². The molecular formula is C28H44O8. The highest BCUT2D eigenvalue weighted by molar-refractivity contribution is 5.95. The molecule has 11 atom stereocenters. The lowest BCUT2D eigenvalue weighted by Gasteiger charge is -2.61. The highest BCUT2D eigenvalue weighted by atomic mass is 16.4. The molecule has 4 aliphatic rings. The van der Waals surface area contributed by atoms with Gasteiger partial charge in [0.05, 0.1) is 35.1 Å². The maximum Gasteiger partial charge on any atom is 0.159 e. The monoisotopic (exact) mass is 508 g/mol. The maximum atomic E-state index is 13.3. The first-order valence-electron chi connectivity index (χ1n) is 13.2. The Balaban J connectivity index is 1.70. The van der Waals surface area contributed by atoms with Crippen molar-refractivity contribution in [3.8, 4) is 0 Å². The zero-order valence-corrected chi connectivity index (χ0v) is 22.1. The molecule has 4 aliphatic carbocycles. The maximum absolute atomic E-state index is 13.3. The lowest BCUT2D eigenvalue weighted by atomic mass is 9.45. The predicted molar refractivity (Wildman–Crippen MR) is 133 cm³/mol. The quantitative estimate of drug-likeness (QED) is 0.271. The van der Waals surface area contributed by atoms with Gasteiger partial charge in [-0.3, -0.25) is 4.79 Å². The average molecular weight is 509 g/mol. The van der Waals surface area contributed by atoms with Crippen LogP contribution >= 0.6 is 0 Å². The van der Waals surface area contributed by atoms with Crippen LogP contribution < -0.4 is 0 Å². The Morgan fingerprint density at radius 3 is 2.31 bits per heavy atom. The molecule has 0 amide bonds. The molecule has 0 spiro atoms. The molecule has 0 aromatic heterocycles. The van der Waals surface area contributed by atoms with Gasteiger partial charge in [-0.25, -0.2) is 0 Å². The van der Waals surface area contributed by atoms with Crippen LogP contribution in [0, 0.1) is 28.6 Å². The second-order valence-corrected chi connectivity index (χ2v) is 13.2. The summed E-state index contributed by atoms with van der Waals surface area (Å²) in [6.07, 6.45) is -1.90. The van der Waals surface area contributed by atoms with Gasteiger partial charge >= 0.3 is 0 Å². The minimum absolute atomic E-state index is 0.00251. The van der Waals surface area contributed by atoms with E-state index in [1.807, 2.05) is 6.92 Å². The van der Waals surface area contributed by atoms with E-state index in [4.69, 9.17) is 0 Å². The van der Waals surface area contributed by atoms with E-state index in [1.165, 1.54) is 6.08 Å². The Labute approximate surface area is 213 Å². The summed E-state index contributed by atoms with van der Waals surface area (Å²) < 4.78 is 0. The Morgan fingerprint density at radius 2 is 1.72 bits per heavy atom. The number of ketones is 1. The first-order valence-corrected chi connectivity index (χ1v) is 13.2. The summed E-state index contributed by atoms with van der Waals surface area (Å²) in [5.74, 6) is -1.82. The minimum Gasteiger partial charge on any atom is -0.390 e. The second kappa shape index (κ2) is 8.43. The molecule has 0 saturated heterocycles. The van der Waals surface area contributed by atoms with Gasteiger partial charge in [0.2, 0.25) is 0 Å². The van der Waals surface area contributed by atoms with Gasteiger partial charge in [-0.15, -0.1) is 0 Å². The smallest absolute Gasteiger partial charge is 0.159 e. The molecule has 0 bridgehead atoms. The molecule has 36 heavy (non-hydrogen) atoms. The van der Waals surface area contributed by atoms with Crippen molar-refractivity contribution in [2.24, 2.45) is 28.6 Å². The van der Waals surface area contributed by atoms with Gasteiger partial charge in [-0.2, -0.15) is 0 Å². The number of carbonyl (C=O) groups is 1. The molecule has 8 heteroatoms. The van der Waals surface area contributed by atoms with Crippen LogP contribution in [0.15, 0.2) is 23.8 Å². The van der Waals surface area contributed by atoms with Crippen molar-refractivity contribution in [2.75, 3.05) is 0 Å². The van der Waals surface area contributed by atoms with E-state index in [0.29, 0.717) is 30.4 Å². The highest BCUT2D eigenvalue weighted by Crippen LogP contribution is 2.68. The lowest BCUT2D eigenvalue weighted by Crippen LogP contribution is -2.66. The van der Waals surface area contributed by atoms with Crippen molar-refractivity contribution in [1.29, 1.82) is 0 Å². The number of hydrogen-bond donors (Lipinski definition) is 7. The van der Waals surface area contributed by atoms with Crippen molar-refractivity contribution in [1.82, 2.24) is 0 Å². The first kappa shape index (κ1) is 27.9. The van der Waals surface area contributed by atoms with Crippen LogP contribution in [0.3, 0.4) is 0 Å². The zero-order chi connectivity index (χ0) is 27.2. The molecule has 0 aromatic rings. The second-order valence-electron chi connectivity index (χ2n) is 13.2. The van der Waals surface area contributed by atoms with Gasteiger partial charge in [-0.05, 0) is 88.4 Å². The van der Waals surface area contributed by atoms with Crippen molar-refractivity contribution in [3.05, 3.63) is 23.8 Å². The standard InChI is InChI=1S/C28H44O8/c1-14(24(2,3)34)11-21(31)27(6,35)20-8-10-28(36)16-12-18(29)17-13-19(30)22(32)23(33)26(17,5)15(16)7-9-25(20,28)4/h12,15,17,19-23,30-36H,1,7-11,13H2,2-6H3/t15-,17-,19+,20-,21+,22+,23+,25+,26+,27+,28+/m0/s1. The number of carbonyl (C=O) groups excluding carboxylic acids is 1. The topological polar surface area (TPSA) is 159 Å². The van der Waals surface area contributed by atoms with Gasteiger partial charge in [0.25, 0.3) is 0 Å². The van der Waals surface area contributed by atoms with E-state index in [1.54, 1.807) is 27.7 Å². The molecule has 0 aromatic carbocycles. The Hall–Kier alpha value is -1.13. The van der Waals surface area contributed by atoms with Gasteiger partial charge in [0.15, 0.2) is 5.78 Å². The average Bonchev–Trinajstić information content (AvgIpc) is 3.06. The van der Waals surface area contributed by atoms with E-state index in [9.17, 15) is 40.5 Å². The van der Waals surface area contributed by atoms with Gasteiger partial charge < -0.3 is 35.7 Å². The normalized spacial score (nSPS) is 47.2. The van der Waals surface area contributed by atoms with Crippen LogP contribution in [-0.2, 0) is 4.79 Å². The van der Waals surface area contributed by atoms with E-state index < -0.39 is 63.9 Å². The third-order valence-electron chi connectivity index (χ3n) is 11.0. The molecular weight excluding hydrogens is 464 g/mol. The lowest BCUT2D eigenvalue weighted by molar-refractivity contribution is -0.204. The molecule has 0 unspecified atom stereocenters. The molecule has 0 radical (unpaired) electrons. The zero-order valence-electron chi connectivity index (χ0n) is 22.1. The van der Waals surface area contributed by atoms with Crippen molar-refractivity contribution >= 4 is 5.78 Å². The number of aliphatic hydroxyl groups excluding tert-OH is 4. The van der Waals surface area contributed by atoms with E-state index in [0.717, 1.165) is 0 Å². The predicted octanol–water partition coefficient (Wildman–Crippen LogP) is 0.991. The molecule has 204 valence electrons.